The van der Waals surface area contributed by atoms with Crippen LogP contribution in [0.15, 0.2) is 18.2 Å². The minimum atomic E-state index is 0.667. The van der Waals surface area contributed by atoms with Gasteiger partial charge < -0.3 is 0 Å². The topological polar surface area (TPSA) is 37.2 Å². The van der Waals surface area contributed by atoms with Crippen molar-refractivity contribution >= 4 is 22.6 Å². The number of nitrogens with zero attached hydrogens (tertiary/aromatic N) is 5. The molecule has 0 saturated heterocycles. The van der Waals surface area contributed by atoms with Gasteiger partial charge in [-0.25, -0.2) is 4.68 Å². The van der Waals surface area contributed by atoms with E-state index in [1.165, 1.54) is 0 Å². The number of benzene rings is 1. The van der Waals surface area contributed by atoms with Gasteiger partial charge in [-0.05, 0) is 46.4 Å². The first-order valence-corrected chi connectivity index (χ1v) is 5.61. The average Bonchev–Trinajstić information content (AvgIpc) is 2.60. The summed E-state index contributed by atoms with van der Waals surface area (Å²) in [6, 6.07) is 5.57. The highest BCUT2D eigenvalue weighted by molar-refractivity contribution is 6.31. The van der Waals surface area contributed by atoms with E-state index < -0.39 is 0 Å². The summed E-state index contributed by atoms with van der Waals surface area (Å²) in [7, 11) is 7.88. The lowest BCUT2D eigenvalue weighted by Gasteiger charge is -2.28. The molecule has 17 heavy (non-hydrogen) atoms. The molecule has 2 aromatic rings. The van der Waals surface area contributed by atoms with Gasteiger partial charge in [0.25, 0.3) is 0 Å². The van der Waals surface area contributed by atoms with Crippen LogP contribution in [0.2, 0.25) is 5.02 Å². The van der Waals surface area contributed by atoms with Crippen molar-refractivity contribution in [2.24, 2.45) is 0 Å². The van der Waals surface area contributed by atoms with Crippen LogP contribution in [0.1, 0.15) is 0 Å². The zero-order valence-corrected chi connectivity index (χ0v) is 11.1. The minimum Gasteiger partial charge on any atom is -0.268 e. The number of halogens is 1. The van der Waals surface area contributed by atoms with Crippen LogP contribution in [0, 0.1) is 6.29 Å². The third-order valence-corrected chi connectivity index (χ3v) is 2.63. The largest absolute Gasteiger partial charge is 0.268 e. The Balaban J connectivity index is 2.54. The highest BCUT2D eigenvalue weighted by Gasteiger charge is 2.21. The Labute approximate surface area is 106 Å². The minimum absolute atomic E-state index is 0.667. The Morgan fingerprint density at radius 2 is 1.82 bits per heavy atom. The summed E-state index contributed by atoms with van der Waals surface area (Å²) in [6.07, 6.45) is 0.940. The Morgan fingerprint density at radius 1 is 1.18 bits per heavy atom. The molecule has 0 amide bonds. The number of hydrogen-bond donors (Lipinski definition) is 0. The van der Waals surface area contributed by atoms with Crippen molar-refractivity contribution in [2.75, 3.05) is 28.2 Å². The predicted molar refractivity (Wildman–Crippen MR) is 68.6 cm³/mol. The maximum atomic E-state index is 5.93. The molecule has 0 N–H and O–H groups in total. The van der Waals surface area contributed by atoms with E-state index >= 15 is 0 Å². The van der Waals surface area contributed by atoms with E-state index in [4.69, 9.17) is 11.6 Å². The second-order valence-corrected chi connectivity index (χ2v) is 4.66. The molecule has 91 valence electrons. The van der Waals surface area contributed by atoms with Gasteiger partial charge in [-0.3, -0.25) is 9.80 Å². The fourth-order valence-corrected chi connectivity index (χ4v) is 1.99. The van der Waals surface area contributed by atoms with Crippen LogP contribution in [0.4, 0.5) is 0 Å². The van der Waals surface area contributed by atoms with Gasteiger partial charge in [-0.2, -0.15) is 0 Å². The van der Waals surface area contributed by atoms with Gasteiger partial charge in [0.15, 0.2) is 0 Å². The summed E-state index contributed by atoms with van der Waals surface area (Å²) in [4.78, 5) is 3.98. The zero-order valence-electron chi connectivity index (χ0n) is 10.3. The van der Waals surface area contributed by atoms with Crippen LogP contribution in [0.25, 0.3) is 11.0 Å². The van der Waals surface area contributed by atoms with Gasteiger partial charge in [0, 0.05) is 5.02 Å². The Hall–Kier alpha value is -1.17. The Bertz CT molecular complexity index is 512. The van der Waals surface area contributed by atoms with Gasteiger partial charge in [-0.1, -0.05) is 16.8 Å². The summed E-state index contributed by atoms with van der Waals surface area (Å²) >= 11 is 5.93. The molecule has 0 atom stereocenters. The molecule has 0 spiro atoms. The summed E-state index contributed by atoms with van der Waals surface area (Å²) in [5, 5.41) is 8.95. The van der Waals surface area contributed by atoms with Gasteiger partial charge >= 0.3 is 0 Å². The Kier molecular flexibility index (Phi) is 3.33. The van der Waals surface area contributed by atoms with Crippen LogP contribution < -0.4 is 0 Å². The van der Waals surface area contributed by atoms with Crippen LogP contribution in [0.5, 0.6) is 0 Å². The quantitative estimate of drug-likeness (QED) is 0.830. The van der Waals surface area contributed by atoms with Crippen molar-refractivity contribution < 1.29 is 0 Å². The smallest absolute Gasteiger partial charge is 0.227 e. The second-order valence-electron chi connectivity index (χ2n) is 4.22. The summed E-state index contributed by atoms with van der Waals surface area (Å²) in [5.74, 6) is 0. The zero-order chi connectivity index (χ0) is 12.6. The molecule has 0 fully saturated rings. The molecular weight excluding hydrogens is 238 g/mol. The van der Waals surface area contributed by atoms with Crippen LogP contribution in [-0.2, 0) is 0 Å². The van der Waals surface area contributed by atoms with Crippen LogP contribution in [-0.4, -0.2) is 53.0 Å². The van der Waals surface area contributed by atoms with Crippen molar-refractivity contribution in [1.29, 1.82) is 0 Å². The van der Waals surface area contributed by atoms with E-state index in [1.807, 2.05) is 56.2 Å². The SMILES string of the molecule is CN(C)[C](N(C)C)n1nnc2cc(Cl)ccc21. The fourth-order valence-electron chi connectivity index (χ4n) is 1.82. The van der Waals surface area contributed by atoms with E-state index in [9.17, 15) is 0 Å². The molecule has 0 saturated carbocycles. The van der Waals surface area contributed by atoms with Gasteiger partial charge in [0.2, 0.25) is 6.29 Å². The van der Waals surface area contributed by atoms with Crippen molar-refractivity contribution in [2.45, 2.75) is 0 Å². The molecule has 0 aliphatic rings. The standard InChI is InChI=1S/C11H15ClN5/c1-15(2)11(16(3)4)17-10-6-5-8(12)7-9(10)13-14-17/h5-7H,1-4H3. The van der Waals surface area contributed by atoms with Crippen LogP contribution >= 0.6 is 11.6 Å². The highest BCUT2D eigenvalue weighted by atomic mass is 35.5. The highest BCUT2D eigenvalue weighted by Crippen LogP contribution is 2.21. The average molecular weight is 253 g/mol. The van der Waals surface area contributed by atoms with E-state index in [0.717, 1.165) is 17.3 Å². The first-order chi connectivity index (χ1) is 8.00. The number of aromatic nitrogens is 3. The molecular formula is C11H15ClN5. The molecule has 1 aromatic heterocycles. The summed E-state index contributed by atoms with van der Waals surface area (Å²) in [6.45, 7) is 0. The normalized spacial score (nSPS) is 12.2. The second kappa shape index (κ2) is 4.60. The monoisotopic (exact) mass is 252 g/mol. The number of fused-ring (bicyclic) bond motifs is 1. The summed E-state index contributed by atoms with van der Waals surface area (Å²) in [5.41, 5.74) is 1.73. The lowest BCUT2D eigenvalue weighted by atomic mass is 10.3. The fraction of sp³-hybridized carbons (Fsp3) is 0.364. The molecule has 5 nitrogen and oxygen atoms in total. The van der Waals surface area contributed by atoms with Crippen LogP contribution in [0.3, 0.4) is 0 Å². The van der Waals surface area contributed by atoms with E-state index in [1.54, 1.807) is 4.68 Å². The third-order valence-electron chi connectivity index (χ3n) is 2.40. The van der Waals surface area contributed by atoms with Gasteiger partial charge in [0.1, 0.15) is 5.52 Å². The lowest BCUT2D eigenvalue weighted by molar-refractivity contribution is 0.203. The molecule has 0 bridgehead atoms. The van der Waals surface area contributed by atoms with Crippen molar-refractivity contribution in [1.82, 2.24) is 24.8 Å². The van der Waals surface area contributed by atoms with E-state index in [2.05, 4.69) is 10.3 Å². The molecule has 0 aliphatic carbocycles. The summed E-state index contributed by atoms with van der Waals surface area (Å²) < 4.78 is 1.80. The van der Waals surface area contributed by atoms with Crippen molar-refractivity contribution in [3.8, 4) is 0 Å². The molecule has 0 unspecified atom stereocenters. The van der Waals surface area contributed by atoms with Gasteiger partial charge in [-0.15, -0.1) is 5.10 Å². The van der Waals surface area contributed by atoms with Gasteiger partial charge in [0.05, 0.1) is 5.52 Å². The molecule has 1 heterocycles. The molecule has 1 aromatic carbocycles. The first-order valence-electron chi connectivity index (χ1n) is 5.23. The van der Waals surface area contributed by atoms with E-state index in [-0.39, 0.29) is 0 Å². The van der Waals surface area contributed by atoms with Crippen molar-refractivity contribution in [3.05, 3.63) is 29.5 Å². The first kappa shape index (κ1) is 12.3. The molecule has 2 rings (SSSR count). The van der Waals surface area contributed by atoms with Crippen molar-refractivity contribution in [3.63, 3.8) is 0 Å². The number of rotatable bonds is 3. The van der Waals surface area contributed by atoms with E-state index in [0.29, 0.717) is 5.02 Å². The predicted octanol–water partition coefficient (Wildman–Crippen LogP) is 1.50. The number of hydrogen-bond acceptors (Lipinski definition) is 4. The molecule has 0 aliphatic heterocycles. The molecule has 6 heteroatoms. The maximum absolute atomic E-state index is 5.93. The molecule has 1 radical (unpaired) electrons. The third kappa shape index (κ3) is 2.26. The maximum Gasteiger partial charge on any atom is 0.227 e. The Morgan fingerprint density at radius 3 is 2.41 bits per heavy atom. The lowest BCUT2D eigenvalue weighted by Crippen LogP contribution is -2.38.